The van der Waals surface area contributed by atoms with Gasteiger partial charge in [-0.1, -0.05) is 15.9 Å². The lowest BCUT2D eigenvalue weighted by molar-refractivity contribution is -0.148. The molecule has 0 spiro atoms. The van der Waals surface area contributed by atoms with Crippen LogP contribution < -0.4 is 0 Å². The Morgan fingerprint density at radius 3 is 2.57 bits per heavy atom. The normalized spacial score (nSPS) is 17.9. The molecule has 1 fully saturated rings. The van der Waals surface area contributed by atoms with Crippen molar-refractivity contribution in [3.63, 3.8) is 0 Å². The molecule has 0 aliphatic carbocycles. The molecule has 1 aliphatic heterocycles. The van der Waals surface area contributed by atoms with E-state index in [0.29, 0.717) is 6.54 Å². The highest BCUT2D eigenvalue weighted by molar-refractivity contribution is 9.09. The van der Waals surface area contributed by atoms with E-state index in [-0.39, 0.29) is 24.9 Å². The van der Waals surface area contributed by atoms with Crippen LogP contribution in [0.25, 0.3) is 0 Å². The monoisotopic (exact) mass is 262 g/mol. The van der Waals surface area contributed by atoms with Gasteiger partial charge in [-0.15, -0.1) is 0 Å². The quantitative estimate of drug-likeness (QED) is 0.546. The van der Waals surface area contributed by atoms with E-state index in [0.717, 1.165) is 18.2 Å². The number of alkyl halides is 1. The number of rotatable bonds is 4. The van der Waals surface area contributed by atoms with Gasteiger partial charge >= 0.3 is 0 Å². The number of likely N-dealkylation sites (N-methyl/N-ethyl adjacent to an activating group) is 1. The van der Waals surface area contributed by atoms with Crippen molar-refractivity contribution < 1.29 is 9.59 Å². The number of piperazine rings is 1. The molecule has 5 heteroatoms. The van der Waals surface area contributed by atoms with Crippen LogP contribution in [0.15, 0.2) is 0 Å². The van der Waals surface area contributed by atoms with E-state index in [1.165, 1.54) is 4.90 Å². The minimum atomic E-state index is 0.0310. The topological polar surface area (TPSA) is 40.6 Å². The second-order valence-electron chi connectivity index (χ2n) is 3.46. The fraction of sp³-hybridized carbons (Fsp3) is 0.778. The molecule has 0 radical (unpaired) electrons. The van der Waals surface area contributed by atoms with Crippen LogP contribution in [-0.2, 0) is 9.59 Å². The van der Waals surface area contributed by atoms with Gasteiger partial charge in [-0.3, -0.25) is 9.59 Å². The van der Waals surface area contributed by atoms with Gasteiger partial charge in [0.15, 0.2) is 0 Å². The Balaban J connectivity index is 2.37. The van der Waals surface area contributed by atoms with Gasteiger partial charge in [0, 0.05) is 18.9 Å². The molecule has 1 heterocycles. The van der Waals surface area contributed by atoms with Crippen LogP contribution >= 0.6 is 15.9 Å². The fourth-order valence-electron chi connectivity index (χ4n) is 1.36. The van der Waals surface area contributed by atoms with E-state index in [1.54, 1.807) is 11.9 Å². The molecule has 0 N–H and O–H groups in total. The van der Waals surface area contributed by atoms with Crippen LogP contribution in [0.2, 0.25) is 0 Å². The highest BCUT2D eigenvalue weighted by atomic mass is 79.9. The lowest BCUT2D eigenvalue weighted by atomic mass is 10.2. The second-order valence-corrected chi connectivity index (χ2v) is 4.25. The molecular weight excluding hydrogens is 248 g/mol. The highest BCUT2D eigenvalue weighted by Crippen LogP contribution is 2.05. The first-order chi connectivity index (χ1) is 6.65. The van der Waals surface area contributed by atoms with Crippen molar-refractivity contribution in [1.29, 1.82) is 0 Å². The minimum absolute atomic E-state index is 0.0310. The lowest BCUT2D eigenvalue weighted by Crippen LogP contribution is -2.52. The van der Waals surface area contributed by atoms with E-state index in [9.17, 15) is 9.59 Å². The summed E-state index contributed by atoms with van der Waals surface area (Å²) in [4.78, 5) is 25.9. The van der Waals surface area contributed by atoms with Gasteiger partial charge in [-0.05, 0) is 12.8 Å². The third kappa shape index (κ3) is 2.97. The number of carbonyl (C=O) groups is 2. The van der Waals surface area contributed by atoms with Crippen molar-refractivity contribution in [2.75, 3.05) is 32.0 Å². The maximum Gasteiger partial charge on any atom is 0.242 e. The zero-order valence-corrected chi connectivity index (χ0v) is 9.92. The predicted octanol–water partition coefficient (Wildman–Crippen LogP) is 0.462. The number of halogens is 1. The number of amides is 2. The predicted molar refractivity (Wildman–Crippen MR) is 57.2 cm³/mol. The van der Waals surface area contributed by atoms with Gasteiger partial charge in [0.05, 0.1) is 13.1 Å². The molecule has 1 aliphatic rings. The average Bonchev–Trinajstić information content (AvgIpc) is 2.14. The third-order valence-corrected chi connectivity index (χ3v) is 2.85. The summed E-state index contributed by atoms with van der Waals surface area (Å²) in [5, 5.41) is 0.947. The number of carbonyl (C=O) groups excluding carboxylic acids is 2. The molecule has 0 unspecified atom stereocenters. The number of nitrogens with zero attached hydrogens (tertiary/aromatic N) is 2. The van der Waals surface area contributed by atoms with Crippen LogP contribution in [0.4, 0.5) is 0 Å². The van der Waals surface area contributed by atoms with Gasteiger partial charge in [0.1, 0.15) is 0 Å². The summed E-state index contributed by atoms with van der Waals surface area (Å²) < 4.78 is 0. The minimum Gasteiger partial charge on any atom is -0.335 e. The molecule has 0 bridgehead atoms. The zero-order chi connectivity index (χ0) is 10.6. The summed E-state index contributed by atoms with van der Waals surface area (Å²) in [6.45, 7) is 1.18. The maximum atomic E-state index is 11.5. The maximum absolute atomic E-state index is 11.5. The molecule has 1 saturated heterocycles. The summed E-state index contributed by atoms with van der Waals surface area (Å²) in [6, 6.07) is 0. The zero-order valence-electron chi connectivity index (χ0n) is 8.33. The SMILES string of the molecule is CN1CC(=O)N(CCCCBr)CC1=O. The highest BCUT2D eigenvalue weighted by Gasteiger charge is 2.26. The van der Waals surface area contributed by atoms with Gasteiger partial charge < -0.3 is 9.80 Å². The first-order valence-electron chi connectivity index (χ1n) is 4.73. The summed E-state index contributed by atoms with van der Waals surface area (Å²) in [7, 11) is 1.66. The van der Waals surface area contributed by atoms with Crippen molar-refractivity contribution in [3.05, 3.63) is 0 Å². The number of hydrogen-bond acceptors (Lipinski definition) is 2. The summed E-state index contributed by atoms with van der Waals surface area (Å²) in [5.74, 6) is 0.0881. The van der Waals surface area contributed by atoms with Crippen LogP contribution in [0.1, 0.15) is 12.8 Å². The van der Waals surface area contributed by atoms with Gasteiger partial charge in [0.25, 0.3) is 0 Å². The average molecular weight is 263 g/mol. The smallest absolute Gasteiger partial charge is 0.242 e. The molecule has 0 atom stereocenters. The Morgan fingerprint density at radius 1 is 1.21 bits per heavy atom. The Morgan fingerprint density at radius 2 is 1.93 bits per heavy atom. The second kappa shape index (κ2) is 5.34. The first-order valence-corrected chi connectivity index (χ1v) is 5.85. The summed E-state index contributed by atoms with van der Waals surface area (Å²) in [5.41, 5.74) is 0. The van der Waals surface area contributed by atoms with Crippen LogP contribution in [-0.4, -0.2) is 53.6 Å². The van der Waals surface area contributed by atoms with Crippen molar-refractivity contribution in [2.24, 2.45) is 0 Å². The van der Waals surface area contributed by atoms with E-state index in [2.05, 4.69) is 15.9 Å². The van der Waals surface area contributed by atoms with E-state index in [4.69, 9.17) is 0 Å². The van der Waals surface area contributed by atoms with Gasteiger partial charge in [-0.2, -0.15) is 0 Å². The largest absolute Gasteiger partial charge is 0.335 e. The number of hydrogen-bond donors (Lipinski definition) is 0. The van der Waals surface area contributed by atoms with Crippen molar-refractivity contribution in [2.45, 2.75) is 12.8 Å². The molecule has 0 aromatic rings. The van der Waals surface area contributed by atoms with Gasteiger partial charge in [0.2, 0.25) is 11.8 Å². The Kier molecular flexibility index (Phi) is 4.38. The van der Waals surface area contributed by atoms with Crippen molar-refractivity contribution in [3.8, 4) is 0 Å². The lowest BCUT2D eigenvalue weighted by Gasteiger charge is -2.31. The molecule has 0 aromatic heterocycles. The van der Waals surface area contributed by atoms with E-state index >= 15 is 0 Å². The molecule has 80 valence electrons. The van der Waals surface area contributed by atoms with Crippen LogP contribution in [0.3, 0.4) is 0 Å². The van der Waals surface area contributed by atoms with E-state index < -0.39 is 0 Å². The third-order valence-electron chi connectivity index (χ3n) is 2.29. The van der Waals surface area contributed by atoms with Crippen LogP contribution in [0, 0.1) is 0 Å². The van der Waals surface area contributed by atoms with Crippen molar-refractivity contribution >= 4 is 27.7 Å². The number of unbranched alkanes of at least 4 members (excludes halogenated alkanes) is 1. The molecule has 0 aromatic carbocycles. The molecule has 4 nitrogen and oxygen atoms in total. The summed E-state index contributed by atoms with van der Waals surface area (Å²) in [6.07, 6.45) is 1.99. The van der Waals surface area contributed by atoms with E-state index in [1.807, 2.05) is 0 Å². The Bertz CT molecular complexity index is 233. The van der Waals surface area contributed by atoms with Crippen LogP contribution in [0.5, 0.6) is 0 Å². The molecule has 1 rings (SSSR count). The standard InChI is InChI=1S/C9H15BrN2O2/c1-11-6-9(14)12(7-8(11)13)5-3-2-4-10/h2-7H2,1H3. The Hall–Kier alpha value is -0.580. The first kappa shape index (κ1) is 11.5. The van der Waals surface area contributed by atoms with Crippen molar-refractivity contribution in [1.82, 2.24) is 9.80 Å². The van der Waals surface area contributed by atoms with Gasteiger partial charge in [-0.25, -0.2) is 0 Å². The summed E-state index contributed by atoms with van der Waals surface area (Å²) >= 11 is 3.33. The molecule has 14 heavy (non-hydrogen) atoms. The molecule has 0 saturated carbocycles. The Labute approximate surface area is 92.4 Å². The molecule has 2 amide bonds. The molecular formula is C9H15BrN2O2. The fourth-order valence-corrected chi connectivity index (χ4v) is 1.76.